The number of ether oxygens (including phenoxy) is 4. The highest BCUT2D eigenvalue weighted by Crippen LogP contribution is 2.39. The Balaban J connectivity index is 1.71. The molecule has 0 spiro atoms. The molecule has 0 unspecified atom stereocenters. The summed E-state index contributed by atoms with van der Waals surface area (Å²) in [6, 6.07) is 8.89. The fourth-order valence-corrected chi connectivity index (χ4v) is 4.53. The van der Waals surface area contributed by atoms with Crippen LogP contribution < -0.4 is 18.9 Å². The summed E-state index contributed by atoms with van der Waals surface area (Å²) in [5.41, 5.74) is 1.39. The summed E-state index contributed by atoms with van der Waals surface area (Å²) >= 11 is 4.48. The number of halogens is 1. The van der Waals surface area contributed by atoms with Crippen molar-refractivity contribution in [2.45, 2.75) is 18.6 Å². The maximum Gasteiger partial charge on any atom is 0.342 e. The average molecular weight is 534 g/mol. The molecule has 0 bridgehead atoms. The van der Waals surface area contributed by atoms with Crippen LogP contribution >= 0.6 is 27.7 Å². The van der Waals surface area contributed by atoms with E-state index >= 15 is 0 Å². The number of hydrogen-bond acceptors (Lipinski definition) is 8. The third-order valence-electron chi connectivity index (χ3n) is 4.83. The second-order valence-corrected chi connectivity index (χ2v) is 8.66. The van der Waals surface area contributed by atoms with Gasteiger partial charge in [-0.3, -0.25) is 0 Å². The molecule has 11 heteroatoms. The maximum absolute atomic E-state index is 12.0. The van der Waals surface area contributed by atoms with Crippen molar-refractivity contribution in [1.82, 2.24) is 14.8 Å². The molecule has 0 aliphatic carbocycles. The average Bonchev–Trinajstić information content (AvgIpc) is 3.44. The number of methoxy groups -OCH3 is 2. The Morgan fingerprint density at radius 1 is 1.15 bits per heavy atom. The first-order valence-corrected chi connectivity index (χ1v) is 11.4. The molecule has 33 heavy (non-hydrogen) atoms. The van der Waals surface area contributed by atoms with E-state index in [1.54, 1.807) is 38.5 Å². The van der Waals surface area contributed by atoms with E-state index in [1.165, 1.54) is 0 Å². The number of aromatic nitrogens is 3. The Labute approximate surface area is 202 Å². The molecule has 172 valence electrons. The largest absolute Gasteiger partial charge is 0.497 e. The van der Waals surface area contributed by atoms with E-state index in [0.29, 0.717) is 50.6 Å². The molecule has 4 rings (SSSR count). The van der Waals surface area contributed by atoms with Gasteiger partial charge in [0.05, 0.1) is 14.2 Å². The van der Waals surface area contributed by atoms with Crippen molar-refractivity contribution >= 4 is 39.7 Å². The zero-order chi connectivity index (χ0) is 23.5. The predicted octanol–water partition coefficient (Wildman–Crippen LogP) is 4.69. The van der Waals surface area contributed by atoms with Crippen LogP contribution in [0.25, 0.3) is 17.5 Å². The van der Waals surface area contributed by atoms with Gasteiger partial charge in [-0.1, -0.05) is 15.9 Å². The topological polar surface area (TPSA) is 105 Å². The molecule has 0 saturated carbocycles. The van der Waals surface area contributed by atoms with Crippen molar-refractivity contribution in [2.24, 2.45) is 0 Å². The van der Waals surface area contributed by atoms with Gasteiger partial charge in [-0.05, 0) is 54.6 Å². The van der Waals surface area contributed by atoms with Crippen LogP contribution in [0, 0.1) is 0 Å². The molecule has 1 aliphatic heterocycles. The lowest BCUT2D eigenvalue weighted by Gasteiger charge is -2.10. The van der Waals surface area contributed by atoms with Crippen molar-refractivity contribution < 1.29 is 28.8 Å². The van der Waals surface area contributed by atoms with E-state index in [1.807, 2.05) is 23.6 Å². The molecule has 0 amide bonds. The molecule has 0 atom stereocenters. The Hall–Kier alpha value is -3.18. The standard InChI is InChI=1S/C22H20BrN3O6S/c1-4-26-20(13-5-14(29-2)9-15(6-13)30-3)24-25-22(26)33-19(21(27)28)8-12-7-17-18(10-16(12)23)32-11-31-17/h5-10H,4,11H2,1-3H3,(H,27,28)/b19-8-. The zero-order valence-corrected chi connectivity index (χ0v) is 20.4. The number of hydrogen-bond donors (Lipinski definition) is 1. The van der Waals surface area contributed by atoms with E-state index in [0.717, 1.165) is 17.3 Å². The summed E-state index contributed by atoms with van der Waals surface area (Å²) in [6.45, 7) is 2.60. The van der Waals surface area contributed by atoms with Crippen LogP contribution in [0.15, 0.2) is 44.9 Å². The smallest absolute Gasteiger partial charge is 0.342 e. The highest BCUT2D eigenvalue weighted by atomic mass is 79.9. The van der Waals surface area contributed by atoms with Gasteiger partial charge in [0.1, 0.15) is 16.4 Å². The van der Waals surface area contributed by atoms with Gasteiger partial charge in [0.25, 0.3) is 0 Å². The summed E-state index contributed by atoms with van der Waals surface area (Å²) in [5, 5.41) is 18.9. The number of thioether (sulfide) groups is 1. The first kappa shape index (κ1) is 23.0. The third kappa shape index (κ3) is 4.79. The van der Waals surface area contributed by atoms with E-state index in [4.69, 9.17) is 18.9 Å². The second-order valence-electron chi connectivity index (χ2n) is 6.79. The van der Waals surface area contributed by atoms with Crippen molar-refractivity contribution in [3.8, 4) is 34.4 Å². The Morgan fingerprint density at radius 2 is 1.82 bits per heavy atom. The van der Waals surface area contributed by atoms with Gasteiger partial charge in [-0.25, -0.2) is 4.79 Å². The van der Waals surface area contributed by atoms with Crippen molar-refractivity contribution in [3.05, 3.63) is 45.3 Å². The number of nitrogens with zero attached hydrogens (tertiary/aromatic N) is 3. The van der Waals surface area contributed by atoms with Gasteiger partial charge < -0.3 is 28.6 Å². The first-order valence-electron chi connectivity index (χ1n) is 9.82. The van der Waals surface area contributed by atoms with Crippen LogP contribution in [-0.4, -0.2) is 46.9 Å². The lowest BCUT2D eigenvalue weighted by molar-refractivity contribution is -0.131. The van der Waals surface area contributed by atoms with Crippen LogP contribution in [0.2, 0.25) is 0 Å². The molecule has 3 aromatic rings. The molecule has 2 heterocycles. The van der Waals surface area contributed by atoms with Crippen molar-refractivity contribution in [2.75, 3.05) is 21.0 Å². The van der Waals surface area contributed by atoms with Crippen LogP contribution in [0.5, 0.6) is 23.0 Å². The van der Waals surface area contributed by atoms with Gasteiger partial charge in [-0.15, -0.1) is 10.2 Å². The van der Waals surface area contributed by atoms with Gasteiger partial charge in [-0.2, -0.15) is 0 Å². The van der Waals surface area contributed by atoms with Crippen LogP contribution in [0.3, 0.4) is 0 Å². The molecular weight excluding hydrogens is 514 g/mol. The number of aliphatic carboxylic acids is 1. The first-order chi connectivity index (χ1) is 15.9. The van der Waals surface area contributed by atoms with Crippen LogP contribution in [0.4, 0.5) is 0 Å². The Kier molecular flexibility index (Phi) is 6.80. The highest BCUT2D eigenvalue weighted by molar-refractivity contribution is 9.10. The van der Waals surface area contributed by atoms with Gasteiger partial charge in [0.2, 0.25) is 6.79 Å². The number of carbonyl (C=O) groups is 1. The lowest BCUT2D eigenvalue weighted by Crippen LogP contribution is -2.03. The monoisotopic (exact) mass is 533 g/mol. The number of carboxylic acid groups (broad SMARTS) is 1. The maximum atomic E-state index is 12.0. The zero-order valence-electron chi connectivity index (χ0n) is 18.0. The van der Waals surface area contributed by atoms with E-state index < -0.39 is 5.97 Å². The third-order valence-corrected chi connectivity index (χ3v) is 6.52. The van der Waals surface area contributed by atoms with Gasteiger partial charge in [0.15, 0.2) is 22.5 Å². The van der Waals surface area contributed by atoms with Crippen molar-refractivity contribution in [3.63, 3.8) is 0 Å². The minimum Gasteiger partial charge on any atom is -0.497 e. The molecule has 0 fully saturated rings. The molecular formula is C22H20BrN3O6S. The van der Waals surface area contributed by atoms with Gasteiger partial charge >= 0.3 is 5.97 Å². The predicted molar refractivity (Wildman–Crippen MR) is 126 cm³/mol. The number of fused-ring (bicyclic) bond motifs is 1. The fourth-order valence-electron chi connectivity index (χ4n) is 3.22. The summed E-state index contributed by atoms with van der Waals surface area (Å²) in [6.07, 6.45) is 1.56. The van der Waals surface area contributed by atoms with Crippen LogP contribution in [0.1, 0.15) is 12.5 Å². The quantitative estimate of drug-likeness (QED) is 0.326. The minimum atomic E-state index is -1.08. The van der Waals surface area contributed by atoms with E-state index in [2.05, 4.69) is 26.1 Å². The molecule has 2 aromatic carbocycles. The molecule has 9 nitrogen and oxygen atoms in total. The van der Waals surface area contributed by atoms with Gasteiger partial charge in [0, 0.05) is 22.6 Å². The Morgan fingerprint density at radius 3 is 2.42 bits per heavy atom. The van der Waals surface area contributed by atoms with Crippen LogP contribution in [-0.2, 0) is 11.3 Å². The SMILES string of the molecule is CCn1c(S/C(=C\c2cc3c(cc2Br)OCO3)C(=O)O)nnc1-c1cc(OC)cc(OC)c1. The molecule has 1 aromatic heterocycles. The molecule has 1 aliphatic rings. The second kappa shape index (κ2) is 9.75. The normalized spacial score (nSPS) is 12.7. The summed E-state index contributed by atoms with van der Waals surface area (Å²) in [7, 11) is 3.14. The molecule has 0 saturated heterocycles. The summed E-state index contributed by atoms with van der Waals surface area (Å²) in [5.74, 6) is 1.88. The lowest BCUT2D eigenvalue weighted by atomic mass is 10.2. The number of rotatable bonds is 8. The molecule has 1 N–H and O–H groups in total. The number of carboxylic acids is 1. The summed E-state index contributed by atoms with van der Waals surface area (Å²) in [4.78, 5) is 12.1. The summed E-state index contributed by atoms with van der Waals surface area (Å²) < 4.78 is 24.0. The van der Waals surface area contributed by atoms with E-state index in [-0.39, 0.29) is 11.7 Å². The molecule has 0 radical (unpaired) electrons. The number of benzene rings is 2. The van der Waals surface area contributed by atoms with E-state index in [9.17, 15) is 9.90 Å². The Bertz CT molecular complexity index is 1220. The highest BCUT2D eigenvalue weighted by Gasteiger charge is 2.21. The minimum absolute atomic E-state index is 0.0754. The van der Waals surface area contributed by atoms with Crippen molar-refractivity contribution in [1.29, 1.82) is 0 Å². The fraction of sp³-hybridized carbons (Fsp3) is 0.227.